The van der Waals surface area contributed by atoms with Crippen LogP contribution in [0, 0.1) is 23.7 Å². The summed E-state index contributed by atoms with van der Waals surface area (Å²) in [5.74, 6) is 2.58. The number of amides is 1. The van der Waals surface area contributed by atoms with Gasteiger partial charge < -0.3 is 10.6 Å². The van der Waals surface area contributed by atoms with Crippen molar-refractivity contribution in [2.75, 3.05) is 13.1 Å². The maximum Gasteiger partial charge on any atom is 0.224 e. The van der Waals surface area contributed by atoms with Crippen LogP contribution in [0.5, 0.6) is 0 Å². The fourth-order valence-corrected chi connectivity index (χ4v) is 3.55. The van der Waals surface area contributed by atoms with Gasteiger partial charge in [0, 0.05) is 12.6 Å². The first-order chi connectivity index (χ1) is 8.58. The lowest BCUT2D eigenvalue weighted by atomic mass is 9.74. The number of nitrogens with one attached hydrogen (secondary N) is 2. The van der Waals surface area contributed by atoms with E-state index in [9.17, 15) is 4.79 Å². The van der Waals surface area contributed by atoms with Crippen molar-refractivity contribution in [3.63, 3.8) is 0 Å². The molecule has 1 heterocycles. The Hall–Kier alpha value is -0.280. The van der Waals surface area contributed by atoms with Crippen molar-refractivity contribution in [3.8, 4) is 0 Å². The van der Waals surface area contributed by atoms with Crippen LogP contribution in [0.2, 0.25) is 0 Å². The molecule has 2 aliphatic rings. The second kappa shape index (κ2) is 7.49. The van der Waals surface area contributed by atoms with Crippen LogP contribution in [-0.4, -0.2) is 25.0 Å². The summed E-state index contributed by atoms with van der Waals surface area (Å²) in [6.45, 7) is 8.74. The van der Waals surface area contributed by atoms with E-state index in [2.05, 4.69) is 31.4 Å². The number of carbonyl (C=O) groups is 1. The quantitative estimate of drug-likeness (QED) is 0.838. The molecule has 112 valence electrons. The Morgan fingerprint density at radius 3 is 2.58 bits per heavy atom. The molecule has 0 aromatic heterocycles. The number of rotatable bonds is 3. The molecule has 4 unspecified atom stereocenters. The molecule has 2 rings (SSSR count). The van der Waals surface area contributed by atoms with Gasteiger partial charge >= 0.3 is 0 Å². The third-order valence-electron chi connectivity index (χ3n) is 4.78. The summed E-state index contributed by atoms with van der Waals surface area (Å²) < 4.78 is 0. The van der Waals surface area contributed by atoms with E-state index in [0.29, 0.717) is 17.9 Å². The molecular weight excluding hydrogens is 260 g/mol. The van der Waals surface area contributed by atoms with E-state index >= 15 is 0 Å². The van der Waals surface area contributed by atoms with E-state index in [1.807, 2.05) is 0 Å². The first-order valence-corrected chi connectivity index (χ1v) is 7.59. The molecule has 1 amide bonds. The zero-order chi connectivity index (χ0) is 13.1. The highest BCUT2D eigenvalue weighted by atomic mass is 35.5. The van der Waals surface area contributed by atoms with Gasteiger partial charge in [-0.3, -0.25) is 4.79 Å². The Morgan fingerprint density at radius 2 is 2.00 bits per heavy atom. The van der Waals surface area contributed by atoms with Gasteiger partial charge in [-0.1, -0.05) is 27.2 Å². The number of hydrogen-bond acceptors (Lipinski definition) is 2. The summed E-state index contributed by atoms with van der Waals surface area (Å²) in [5.41, 5.74) is 0. The normalized spacial score (nSPS) is 34.9. The zero-order valence-electron chi connectivity index (χ0n) is 12.4. The molecular formula is C15H29ClN2O. The average molecular weight is 289 g/mol. The van der Waals surface area contributed by atoms with Gasteiger partial charge in [0.2, 0.25) is 5.91 Å². The molecule has 2 N–H and O–H groups in total. The third-order valence-corrected chi connectivity index (χ3v) is 4.78. The van der Waals surface area contributed by atoms with Gasteiger partial charge in [-0.25, -0.2) is 0 Å². The lowest BCUT2D eigenvalue weighted by Crippen LogP contribution is -2.47. The van der Waals surface area contributed by atoms with Crippen LogP contribution < -0.4 is 10.6 Å². The molecule has 1 saturated heterocycles. The molecule has 4 atom stereocenters. The van der Waals surface area contributed by atoms with Gasteiger partial charge in [0.05, 0.1) is 5.92 Å². The molecule has 3 nitrogen and oxygen atoms in total. The summed E-state index contributed by atoms with van der Waals surface area (Å²) in [4.78, 5) is 12.2. The van der Waals surface area contributed by atoms with Crippen LogP contribution in [0.1, 0.15) is 46.5 Å². The molecule has 1 aliphatic carbocycles. The van der Waals surface area contributed by atoms with E-state index in [-0.39, 0.29) is 24.2 Å². The predicted octanol–water partition coefficient (Wildman–Crippen LogP) is 2.59. The van der Waals surface area contributed by atoms with Crippen LogP contribution in [0.4, 0.5) is 0 Å². The molecule has 2 fully saturated rings. The van der Waals surface area contributed by atoms with E-state index in [1.54, 1.807) is 0 Å². The van der Waals surface area contributed by atoms with Crippen molar-refractivity contribution in [1.29, 1.82) is 0 Å². The second-order valence-electron chi connectivity index (χ2n) is 6.63. The molecule has 0 aromatic carbocycles. The topological polar surface area (TPSA) is 41.1 Å². The molecule has 4 heteroatoms. The largest absolute Gasteiger partial charge is 0.353 e. The maximum atomic E-state index is 12.2. The highest BCUT2D eigenvalue weighted by molar-refractivity contribution is 5.85. The lowest BCUT2D eigenvalue weighted by Gasteiger charge is -2.38. The molecule has 1 saturated carbocycles. The summed E-state index contributed by atoms with van der Waals surface area (Å²) in [6, 6.07) is 0.404. The second-order valence-corrected chi connectivity index (χ2v) is 6.63. The third kappa shape index (κ3) is 4.35. The van der Waals surface area contributed by atoms with Crippen molar-refractivity contribution in [3.05, 3.63) is 0 Å². The van der Waals surface area contributed by atoms with Gasteiger partial charge in [-0.2, -0.15) is 0 Å². The first kappa shape index (κ1) is 16.8. The summed E-state index contributed by atoms with van der Waals surface area (Å²) >= 11 is 0. The fraction of sp³-hybridized carbons (Fsp3) is 0.933. The molecule has 0 aromatic rings. The number of carbonyl (C=O) groups excluding carboxylic acids is 1. The lowest BCUT2D eigenvalue weighted by molar-refractivity contribution is -0.126. The highest BCUT2D eigenvalue weighted by Crippen LogP contribution is 2.33. The highest BCUT2D eigenvalue weighted by Gasteiger charge is 2.33. The Kier molecular flexibility index (Phi) is 6.61. The Morgan fingerprint density at radius 1 is 1.26 bits per heavy atom. The summed E-state index contributed by atoms with van der Waals surface area (Å²) in [5, 5.41) is 6.62. The molecule has 0 bridgehead atoms. The smallest absolute Gasteiger partial charge is 0.224 e. The van der Waals surface area contributed by atoms with Gasteiger partial charge in [-0.15, -0.1) is 12.4 Å². The average Bonchev–Trinajstić information content (AvgIpc) is 2.81. The molecule has 0 spiro atoms. The number of hydrogen-bond donors (Lipinski definition) is 2. The standard InChI is InChI=1S/C15H28N2O.ClH/c1-10(2)13-5-4-11(3)8-14(13)17-15(18)12-6-7-16-9-12;/h10-14,16H,4-9H2,1-3H3,(H,17,18);1H. The van der Waals surface area contributed by atoms with Gasteiger partial charge in [0.25, 0.3) is 0 Å². The molecule has 19 heavy (non-hydrogen) atoms. The van der Waals surface area contributed by atoms with Crippen LogP contribution in [0.15, 0.2) is 0 Å². The minimum Gasteiger partial charge on any atom is -0.353 e. The molecule has 1 aliphatic heterocycles. The van der Waals surface area contributed by atoms with E-state index < -0.39 is 0 Å². The summed E-state index contributed by atoms with van der Waals surface area (Å²) in [6.07, 6.45) is 4.75. The Bertz CT molecular complexity index is 290. The summed E-state index contributed by atoms with van der Waals surface area (Å²) in [7, 11) is 0. The van der Waals surface area contributed by atoms with Gasteiger partial charge in [0.1, 0.15) is 0 Å². The van der Waals surface area contributed by atoms with Crippen LogP contribution in [-0.2, 0) is 4.79 Å². The van der Waals surface area contributed by atoms with Crippen molar-refractivity contribution < 1.29 is 4.79 Å². The zero-order valence-corrected chi connectivity index (χ0v) is 13.3. The van der Waals surface area contributed by atoms with Crippen LogP contribution in [0.25, 0.3) is 0 Å². The predicted molar refractivity (Wildman–Crippen MR) is 81.5 cm³/mol. The Labute approximate surface area is 123 Å². The van der Waals surface area contributed by atoms with Crippen LogP contribution in [0.3, 0.4) is 0 Å². The van der Waals surface area contributed by atoms with Crippen LogP contribution >= 0.6 is 12.4 Å². The monoisotopic (exact) mass is 288 g/mol. The minimum atomic E-state index is 0. The SMILES string of the molecule is CC1CCC(C(C)C)C(NC(=O)C2CCNC2)C1.Cl. The first-order valence-electron chi connectivity index (χ1n) is 7.59. The van der Waals surface area contributed by atoms with E-state index in [1.165, 1.54) is 12.8 Å². The Balaban J connectivity index is 0.00000180. The van der Waals surface area contributed by atoms with Gasteiger partial charge in [0.15, 0.2) is 0 Å². The maximum absolute atomic E-state index is 12.2. The fourth-order valence-electron chi connectivity index (χ4n) is 3.55. The molecule has 0 radical (unpaired) electrons. The van der Waals surface area contributed by atoms with E-state index in [0.717, 1.165) is 31.8 Å². The van der Waals surface area contributed by atoms with Crippen molar-refractivity contribution in [1.82, 2.24) is 10.6 Å². The number of halogens is 1. The van der Waals surface area contributed by atoms with Crippen molar-refractivity contribution in [2.45, 2.75) is 52.5 Å². The minimum absolute atomic E-state index is 0. The van der Waals surface area contributed by atoms with Crippen molar-refractivity contribution in [2.24, 2.45) is 23.7 Å². The van der Waals surface area contributed by atoms with Gasteiger partial charge in [-0.05, 0) is 43.6 Å². The van der Waals surface area contributed by atoms with Crippen molar-refractivity contribution >= 4 is 18.3 Å². The van der Waals surface area contributed by atoms with E-state index in [4.69, 9.17) is 0 Å².